The fourth-order valence-corrected chi connectivity index (χ4v) is 3.13. The molecule has 1 amide bonds. The highest BCUT2D eigenvalue weighted by Gasteiger charge is 2.20. The quantitative estimate of drug-likeness (QED) is 0.777. The van der Waals surface area contributed by atoms with Crippen LogP contribution in [0.5, 0.6) is 0 Å². The summed E-state index contributed by atoms with van der Waals surface area (Å²) in [5, 5.41) is 16.3. The Morgan fingerprint density at radius 3 is 2.67 bits per heavy atom. The molecule has 2 atom stereocenters. The van der Waals surface area contributed by atoms with Crippen LogP contribution in [0.4, 0.5) is 5.69 Å². The summed E-state index contributed by atoms with van der Waals surface area (Å²) in [6, 6.07) is 5.09. The van der Waals surface area contributed by atoms with E-state index in [4.69, 9.17) is 23.2 Å². The Morgan fingerprint density at radius 2 is 2.00 bits per heavy atom. The normalized spacial score (nSPS) is 22.0. The molecule has 1 aliphatic carbocycles. The molecule has 21 heavy (non-hydrogen) atoms. The summed E-state index contributed by atoms with van der Waals surface area (Å²) in [5.74, 6) is 0.256. The number of anilines is 1. The number of para-hydroxylation sites is 1. The highest BCUT2D eigenvalue weighted by atomic mass is 35.5. The number of aliphatic hydroxyl groups excluding tert-OH is 1. The molecule has 0 heterocycles. The fourth-order valence-electron chi connectivity index (χ4n) is 2.64. The van der Waals surface area contributed by atoms with E-state index in [0.29, 0.717) is 21.7 Å². The molecule has 0 saturated heterocycles. The molecule has 4 nitrogen and oxygen atoms in total. The number of benzene rings is 1. The fraction of sp³-hybridized carbons (Fsp3) is 0.533. The zero-order valence-electron chi connectivity index (χ0n) is 11.7. The number of hydrogen-bond acceptors (Lipinski definition) is 3. The maximum Gasteiger partial charge on any atom is 0.238 e. The van der Waals surface area contributed by atoms with Crippen LogP contribution in [0.1, 0.15) is 25.7 Å². The molecule has 1 aromatic carbocycles. The van der Waals surface area contributed by atoms with E-state index in [2.05, 4.69) is 10.6 Å². The van der Waals surface area contributed by atoms with Gasteiger partial charge < -0.3 is 15.7 Å². The molecule has 0 spiro atoms. The molecule has 1 aromatic rings. The molecular weight excluding hydrogens is 311 g/mol. The largest absolute Gasteiger partial charge is 0.393 e. The van der Waals surface area contributed by atoms with Gasteiger partial charge in [0, 0.05) is 0 Å². The third-order valence-corrected chi connectivity index (χ3v) is 4.33. The van der Waals surface area contributed by atoms with Gasteiger partial charge in [-0.2, -0.15) is 0 Å². The van der Waals surface area contributed by atoms with Crippen molar-refractivity contribution in [3.63, 3.8) is 0 Å². The van der Waals surface area contributed by atoms with Crippen molar-refractivity contribution in [1.82, 2.24) is 5.32 Å². The summed E-state index contributed by atoms with van der Waals surface area (Å²) in [6.45, 7) is 0.939. The Labute approximate surface area is 134 Å². The van der Waals surface area contributed by atoms with Crippen molar-refractivity contribution < 1.29 is 9.90 Å². The highest BCUT2D eigenvalue weighted by Crippen LogP contribution is 2.29. The van der Waals surface area contributed by atoms with E-state index in [1.165, 1.54) is 0 Å². The summed E-state index contributed by atoms with van der Waals surface area (Å²) in [6.07, 6.45) is 3.66. The van der Waals surface area contributed by atoms with Crippen molar-refractivity contribution >= 4 is 34.8 Å². The lowest BCUT2D eigenvalue weighted by Crippen LogP contribution is -2.34. The second-order valence-electron chi connectivity index (χ2n) is 5.46. The molecule has 0 radical (unpaired) electrons. The second-order valence-corrected chi connectivity index (χ2v) is 6.28. The Morgan fingerprint density at radius 1 is 1.29 bits per heavy atom. The number of hydrogen-bond donors (Lipinski definition) is 3. The summed E-state index contributed by atoms with van der Waals surface area (Å²) in [4.78, 5) is 11.9. The minimum Gasteiger partial charge on any atom is -0.393 e. The number of aliphatic hydroxyl groups is 1. The first-order valence-corrected chi connectivity index (χ1v) is 7.94. The molecule has 0 bridgehead atoms. The molecule has 2 unspecified atom stereocenters. The molecule has 0 aromatic heterocycles. The van der Waals surface area contributed by atoms with Crippen molar-refractivity contribution in [2.45, 2.75) is 31.8 Å². The van der Waals surface area contributed by atoms with Crippen LogP contribution < -0.4 is 10.6 Å². The first-order chi connectivity index (χ1) is 10.1. The van der Waals surface area contributed by atoms with E-state index in [1.54, 1.807) is 18.2 Å². The Bertz CT molecular complexity index is 476. The van der Waals surface area contributed by atoms with Gasteiger partial charge in [0.1, 0.15) is 0 Å². The van der Waals surface area contributed by atoms with E-state index in [-0.39, 0.29) is 18.6 Å². The van der Waals surface area contributed by atoms with Gasteiger partial charge >= 0.3 is 0 Å². The second kappa shape index (κ2) is 7.99. The Hall–Kier alpha value is -0.810. The van der Waals surface area contributed by atoms with Gasteiger partial charge in [-0.1, -0.05) is 35.7 Å². The number of halogens is 2. The summed E-state index contributed by atoms with van der Waals surface area (Å²) in [5.41, 5.74) is 0.445. The summed E-state index contributed by atoms with van der Waals surface area (Å²) in [7, 11) is 0. The van der Waals surface area contributed by atoms with E-state index in [1.807, 2.05) is 0 Å². The van der Waals surface area contributed by atoms with Crippen LogP contribution in [-0.4, -0.2) is 30.2 Å². The zero-order chi connectivity index (χ0) is 15.2. The van der Waals surface area contributed by atoms with Gasteiger partial charge in [-0.3, -0.25) is 4.79 Å². The summed E-state index contributed by atoms with van der Waals surface area (Å²) < 4.78 is 0. The van der Waals surface area contributed by atoms with Crippen LogP contribution in [0.15, 0.2) is 18.2 Å². The van der Waals surface area contributed by atoms with Gasteiger partial charge in [0.15, 0.2) is 0 Å². The van der Waals surface area contributed by atoms with Crippen molar-refractivity contribution in [3.05, 3.63) is 28.2 Å². The molecular formula is C15H20Cl2N2O2. The number of nitrogens with one attached hydrogen (secondary N) is 2. The maximum atomic E-state index is 11.9. The van der Waals surface area contributed by atoms with Crippen LogP contribution in [0.25, 0.3) is 0 Å². The highest BCUT2D eigenvalue weighted by molar-refractivity contribution is 6.39. The maximum absolute atomic E-state index is 11.9. The predicted molar refractivity (Wildman–Crippen MR) is 85.9 cm³/mol. The van der Waals surface area contributed by atoms with Crippen LogP contribution in [0.3, 0.4) is 0 Å². The topological polar surface area (TPSA) is 61.4 Å². The van der Waals surface area contributed by atoms with Gasteiger partial charge in [0.25, 0.3) is 0 Å². The van der Waals surface area contributed by atoms with Crippen molar-refractivity contribution in [3.8, 4) is 0 Å². The van der Waals surface area contributed by atoms with Gasteiger partial charge in [0.2, 0.25) is 5.91 Å². The lowest BCUT2D eigenvalue weighted by atomic mass is 9.87. The minimum atomic E-state index is -0.193. The third kappa shape index (κ3) is 5.15. The molecule has 1 saturated carbocycles. The average Bonchev–Trinajstić information content (AvgIpc) is 2.43. The van der Waals surface area contributed by atoms with Crippen molar-refractivity contribution in [2.24, 2.45) is 5.92 Å². The molecule has 3 N–H and O–H groups in total. The standard InChI is InChI=1S/C15H20Cl2N2O2/c16-12-5-2-6-13(17)15(12)19-14(21)9-18-8-10-3-1-4-11(20)7-10/h2,5-6,10-11,18,20H,1,3-4,7-9H2,(H,19,21). The minimum absolute atomic E-state index is 0.179. The summed E-state index contributed by atoms with van der Waals surface area (Å²) >= 11 is 12.0. The van der Waals surface area contributed by atoms with Gasteiger partial charge in [-0.05, 0) is 43.9 Å². The molecule has 116 valence electrons. The molecule has 1 fully saturated rings. The van der Waals surface area contributed by atoms with E-state index < -0.39 is 0 Å². The predicted octanol–water partition coefficient (Wildman–Crippen LogP) is 3.07. The average molecular weight is 331 g/mol. The number of rotatable bonds is 5. The Kier molecular flexibility index (Phi) is 6.30. The van der Waals surface area contributed by atoms with Crippen LogP contribution >= 0.6 is 23.2 Å². The van der Waals surface area contributed by atoms with Gasteiger partial charge in [-0.25, -0.2) is 0 Å². The van der Waals surface area contributed by atoms with E-state index in [0.717, 1.165) is 32.2 Å². The number of amides is 1. The SMILES string of the molecule is O=C(CNCC1CCCC(O)C1)Nc1c(Cl)cccc1Cl. The first-order valence-electron chi connectivity index (χ1n) is 7.19. The van der Waals surface area contributed by atoms with Gasteiger partial charge in [-0.15, -0.1) is 0 Å². The van der Waals surface area contributed by atoms with E-state index >= 15 is 0 Å². The monoisotopic (exact) mass is 330 g/mol. The molecule has 1 aliphatic rings. The Balaban J connectivity index is 1.75. The van der Waals surface area contributed by atoms with Crippen molar-refractivity contribution in [1.29, 1.82) is 0 Å². The van der Waals surface area contributed by atoms with E-state index in [9.17, 15) is 9.90 Å². The van der Waals surface area contributed by atoms with Crippen LogP contribution in [0, 0.1) is 5.92 Å². The lowest BCUT2D eigenvalue weighted by Gasteiger charge is -2.25. The van der Waals surface area contributed by atoms with Gasteiger partial charge in [0.05, 0.1) is 28.4 Å². The van der Waals surface area contributed by atoms with Crippen LogP contribution in [0.2, 0.25) is 10.0 Å². The number of carbonyl (C=O) groups excluding carboxylic acids is 1. The molecule has 0 aliphatic heterocycles. The molecule has 2 rings (SSSR count). The molecule has 6 heteroatoms. The zero-order valence-corrected chi connectivity index (χ0v) is 13.3. The third-order valence-electron chi connectivity index (χ3n) is 3.70. The smallest absolute Gasteiger partial charge is 0.238 e. The first kappa shape index (κ1) is 16.6. The lowest BCUT2D eigenvalue weighted by molar-refractivity contribution is -0.115. The number of carbonyl (C=O) groups is 1. The van der Waals surface area contributed by atoms with Crippen LogP contribution in [-0.2, 0) is 4.79 Å². The van der Waals surface area contributed by atoms with Crippen molar-refractivity contribution in [2.75, 3.05) is 18.4 Å².